The van der Waals surface area contributed by atoms with Crippen LogP contribution in [0.15, 0.2) is 12.1 Å². The van der Waals surface area contributed by atoms with Crippen molar-refractivity contribution in [3.05, 3.63) is 34.6 Å². The van der Waals surface area contributed by atoms with E-state index < -0.39 is 0 Å². The lowest BCUT2D eigenvalue weighted by molar-refractivity contribution is -0.121. The van der Waals surface area contributed by atoms with Gasteiger partial charge in [-0.05, 0) is 37.1 Å². The second kappa shape index (κ2) is 7.11. The summed E-state index contributed by atoms with van der Waals surface area (Å²) in [6, 6.07) is 3.54. The summed E-state index contributed by atoms with van der Waals surface area (Å²) in [5.41, 5.74) is 2.17. The zero-order valence-electron chi connectivity index (χ0n) is 11.3. The average Bonchev–Trinajstić information content (AvgIpc) is 2.33. The Balaban J connectivity index is 2.46. The van der Waals surface area contributed by atoms with E-state index in [0.29, 0.717) is 30.6 Å². The molecule has 1 aromatic carbocycles. The van der Waals surface area contributed by atoms with Gasteiger partial charge in [-0.15, -0.1) is 0 Å². The van der Waals surface area contributed by atoms with Gasteiger partial charge in [-0.25, -0.2) is 4.39 Å². The molecule has 0 radical (unpaired) electrons. The number of aryl methyl sites for hydroxylation is 2. The van der Waals surface area contributed by atoms with Crippen LogP contribution < -0.4 is 10.6 Å². The summed E-state index contributed by atoms with van der Waals surface area (Å²) >= 11 is 0. The third-order valence-corrected chi connectivity index (χ3v) is 2.76. The molecule has 0 atom stereocenters. The Morgan fingerprint density at radius 3 is 2.44 bits per heavy atom. The smallest absolute Gasteiger partial charge is 0.221 e. The van der Waals surface area contributed by atoms with Gasteiger partial charge in [0, 0.05) is 19.5 Å². The fraction of sp³-hybridized carbons (Fsp3) is 0.500. The van der Waals surface area contributed by atoms with Gasteiger partial charge in [0.25, 0.3) is 0 Å². The highest BCUT2D eigenvalue weighted by atomic mass is 19.1. The van der Waals surface area contributed by atoms with Gasteiger partial charge in [-0.2, -0.15) is 0 Å². The fourth-order valence-corrected chi connectivity index (χ4v) is 1.81. The van der Waals surface area contributed by atoms with Crippen LogP contribution in [0.4, 0.5) is 4.39 Å². The van der Waals surface area contributed by atoms with E-state index in [4.69, 9.17) is 0 Å². The number of nitrogens with one attached hydrogen (secondary N) is 2. The maximum atomic E-state index is 13.4. The molecule has 0 saturated heterocycles. The van der Waals surface area contributed by atoms with Crippen molar-refractivity contribution in [3.63, 3.8) is 0 Å². The zero-order chi connectivity index (χ0) is 13.5. The van der Waals surface area contributed by atoms with E-state index in [1.54, 1.807) is 26.0 Å². The van der Waals surface area contributed by atoms with Crippen LogP contribution in [0.5, 0.6) is 0 Å². The summed E-state index contributed by atoms with van der Waals surface area (Å²) in [6.45, 7) is 7.47. The second-order valence-electron chi connectivity index (χ2n) is 4.42. The molecule has 1 amide bonds. The summed E-state index contributed by atoms with van der Waals surface area (Å²) in [7, 11) is 0. The molecule has 0 aliphatic rings. The highest BCUT2D eigenvalue weighted by Gasteiger charge is 2.05. The number of halogens is 1. The van der Waals surface area contributed by atoms with Crippen LogP contribution in [0, 0.1) is 19.7 Å². The summed E-state index contributed by atoms with van der Waals surface area (Å²) in [4.78, 5) is 11.5. The van der Waals surface area contributed by atoms with Crippen molar-refractivity contribution in [1.82, 2.24) is 10.6 Å². The molecule has 0 aromatic heterocycles. The third-order valence-electron chi connectivity index (χ3n) is 2.76. The Morgan fingerprint density at radius 1 is 1.28 bits per heavy atom. The first-order valence-electron chi connectivity index (χ1n) is 6.27. The molecule has 3 nitrogen and oxygen atoms in total. The molecular weight excluding hydrogens is 231 g/mol. The Kier molecular flexibility index (Phi) is 5.78. The van der Waals surface area contributed by atoms with Gasteiger partial charge in [0.15, 0.2) is 0 Å². The Morgan fingerprint density at radius 2 is 1.89 bits per heavy atom. The maximum Gasteiger partial charge on any atom is 0.221 e. The molecule has 0 unspecified atom stereocenters. The SMILES string of the molecule is CCNCCC(=O)NCc1cc(C)c(F)c(C)c1. The van der Waals surface area contributed by atoms with Crippen molar-refractivity contribution in [3.8, 4) is 0 Å². The standard InChI is InChI=1S/C14H21FN2O/c1-4-16-6-5-13(18)17-9-12-7-10(2)14(15)11(3)8-12/h7-8,16H,4-6,9H2,1-3H3,(H,17,18). The zero-order valence-corrected chi connectivity index (χ0v) is 11.3. The van der Waals surface area contributed by atoms with E-state index in [2.05, 4.69) is 10.6 Å². The van der Waals surface area contributed by atoms with Crippen LogP contribution in [0.3, 0.4) is 0 Å². The van der Waals surface area contributed by atoms with E-state index in [9.17, 15) is 9.18 Å². The molecule has 100 valence electrons. The van der Waals surface area contributed by atoms with Gasteiger partial charge in [0.1, 0.15) is 5.82 Å². The number of rotatable bonds is 6. The molecule has 0 bridgehead atoms. The molecule has 18 heavy (non-hydrogen) atoms. The molecule has 4 heteroatoms. The van der Waals surface area contributed by atoms with Crippen molar-refractivity contribution < 1.29 is 9.18 Å². The quantitative estimate of drug-likeness (QED) is 0.761. The van der Waals surface area contributed by atoms with Crippen molar-refractivity contribution in [2.45, 2.75) is 33.7 Å². The maximum absolute atomic E-state index is 13.4. The fourth-order valence-electron chi connectivity index (χ4n) is 1.81. The summed E-state index contributed by atoms with van der Waals surface area (Å²) in [5, 5.41) is 5.92. The van der Waals surface area contributed by atoms with E-state index >= 15 is 0 Å². The van der Waals surface area contributed by atoms with Gasteiger partial charge in [0.2, 0.25) is 5.91 Å². The number of hydrogen-bond acceptors (Lipinski definition) is 2. The molecule has 0 heterocycles. The van der Waals surface area contributed by atoms with E-state index in [1.165, 1.54) is 0 Å². The minimum Gasteiger partial charge on any atom is -0.352 e. The second-order valence-corrected chi connectivity index (χ2v) is 4.42. The van der Waals surface area contributed by atoms with Crippen LogP contribution in [0.1, 0.15) is 30.0 Å². The molecule has 1 rings (SSSR count). The number of hydrogen-bond donors (Lipinski definition) is 2. The lowest BCUT2D eigenvalue weighted by Gasteiger charge is -2.08. The first-order valence-corrected chi connectivity index (χ1v) is 6.27. The summed E-state index contributed by atoms with van der Waals surface area (Å²) in [6.07, 6.45) is 0.465. The Labute approximate surface area is 108 Å². The lowest BCUT2D eigenvalue weighted by Crippen LogP contribution is -2.27. The van der Waals surface area contributed by atoms with Crippen LogP contribution in [-0.4, -0.2) is 19.0 Å². The first-order chi connectivity index (χ1) is 8.54. The van der Waals surface area contributed by atoms with Crippen molar-refractivity contribution in [2.75, 3.05) is 13.1 Å². The first kappa shape index (κ1) is 14.6. The normalized spacial score (nSPS) is 10.4. The molecule has 0 aliphatic heterocycles. The summed E-state index contributed by atoms with van der Waals surface area (Å²) in [5.74, 6) is -0.159. The molecule has 0 saturated carbocycles. The van der Waals surface area contributed by atoms with Crippen LogP contribution in [0.25, 0.3) is 0 Å². The highest BCUT2D eigenvalue weighted by molar-refractivity contribution is 5.76. The molecule has 0 fully saturated rings. The Hall–Kier alpha value is -1.42. The molecule has 2 N–H and O–H groups in total. The number of carbonyl (C=O) groups is 1. The monoisotopic (exact) mass is 252 g/mol. The van der Waals surface area contributed by atoms with Gasteiger partial charge >= 0.3 is 0 Å². The largest absolute Gasteiger partial charge is 0.352 e. The third kappa shape index (κ3) is 4.45. The van der Waals surface area contributed by atoms with Gasteiger partial charge in [-0.3, -0.25) is 4.79 Å². The van der Waals surface area contributed by atoms with Crippen LogP contribution in [-0.2, 0) is 11.3 Å². The van der Waals surface area contributed by atoms with E-state index in [-0.39, 0.29) is 11.7 Å². The summed E-state index contributed by atoms with van der Waals surface area (Å²) < 4.78 is 13.4. The van der Waals surface area contributed by atoms with Crippen molar-refractivity contribution in [2.24, 2.45) is 0 Å². The van der Waals surface area contributed by atoms with Crippen LogP contribution >= 0.6 is 0 Å². The average molecular weight is 252 g/mol. The van der Waals surface area contributed by atoms with Crippen LogP contribution in [0.2, 0.25) is 0 Å². The van der Waals surface area contributed by atoms with Gasteiger partial charge in [0.05, 0.1) is 0 Å². The predicted molar refractivity (Wildman–Crippen MR) is 70.9 cm³/mol. The lowest BCUT2D eigenvalue weighted by atomic mass is 10.1. The number of carbonyl (C=O) groups excluding carboxylic acids is 1. The predicted octanol–water partition coefficient (Wildman–Crippen LogP) is 2.06. The van der Waals surface area contributed by atoms with Gasteiger partial charge in [-0.1, -0.05) is 19.1 Å². The highest BCUT2D eigenvalue weighted by Crippen LogP contribution is 2.14. The molecule has 0 spiro atoms. The van der Waals surface area contributed by atoms with E-state index in [1.807, 2.05) is 6.92 Å². The minimum absolute atomic E-state index is 0.00980. The molecule has 1 aromatic rings. The molecule has 0 aliphatic carbocycles. The van der Waals surface area contributed by atoms with E-state index in [0.717, 1.165) is 12.1 Å². The minimum atomic E-state index is -0.169. The number of amides is 1. The van der Waals surface area contributed by atoms with Crippen molar-refractivity contribution in [1.29, 1.82) is 0 Å². The van der Waals surface area contributed by atoms with Crippen molar-refractivity contribution >= 4 is 5.91 Å². The topological polar surface area (TPSA) is 41.1 Å². The Bertz CT molecular complexity index is 395. The number of benzene rings is 1. The molecular formula is C14H21FN2O. The van der Waals surface area contributed by atoms with Gasteiger partial charge < -0.3 is 10.6 Å².